The van der Waals surface area contributed by atoms with Gasteiger partial charge in [0.25, 0.3) is 10.1 Å². The van der Waals surface area contributed by atoms with Gasteiger partial charge in [-0.2, -0.15) is 8.42 Å². The van der Waals surface area contributed by atoms with Crippen LogP contribution < -0.4 is 9.64 Å². The second kappa shape index (κ2) is 7.93. The number of benzene rings is 2. The fraction of sp³-hybridized carbons (Fsp3) is 0.278. The van der Waals surface area contributed by atoms with Crippen LogP contribution in [0, 0.1) is 5.82 Å². The summed E-state index contributed by atoms with van der Waals surface area (Å²) < 4.78 is 51.5. The van der Waals surface area contributed by atoms with E-state index in [1.54, 1.807) is 0 Å². The fourth-order valence-corrected chi connectivity index (χ4v) is 2.93. The quantitative estimate of drug-likeness (QED) is 0.671. The highest BCUT2D eigenvalue weighted by molar-refractivity contribution is 7.85. The van der Waals surface area contributed by atoms with Crippen LogP contribution in [0.5, 0.6) is 5.75 Å². The van der Waals surface area contributed by atoms with Crippen LogP contribution in [0.25, 0.3) is 0 Å². The maximum absolute atomic E-state index is 14.3. The van der Waals surface area contributed by atoms with Gasteiger partial charge in [0.2, 0.25) is 0 Å². The summed E-state index contributed by atoms with van der Waals surface area (Å²) in [5.74, 6) is -0.556. The van der Waals surface area contributed by atoms with Crippen molar-refractivity contribution in [1.82, 2.24) is 0 Å². The second-order valence-corrected chi connectivity index (χ2v) is 7.64. The Morgan fingerprint density at radius 1 is 1.22 bits per heavy atom. The molecule has 1 unspecified atom stereocenters. The van der Waals surface area contributed by atoms with Gasteiger partial charge >= 0.3 is 6.09 Å². The van der Waals surface area contributed by atoms with Crippen molar-refractivity contribution in [2.24, 2.45) is 0 Å². The molecule has 3 rings (SSSR count). The van der Waals surface area contributed by atoms with E-state index in [9.17, 15) is 17.6 Å². The lowest BCUT2D eigenvalue weighted by atomic mass is 10.2. The van der Waals surface area contributed by atoms with Gasteiger partial charge in [0.1, 0.15) is 19.3 Å². The first kappa shape index (κ1) is 19.1. The normalized spacial score (nSPS) is 17.0. The molecule has 2 aromatic rings. The number of carbonyl (C=O) groups excluding carboxylic acids is 1. The number of nitrogens with zero attached hydrogens (tertiary/aromatic N) is 1. The minimum absolute atomic E-state index is 0.0536. The molecule has 1 aliphatic heterocycles. The van der Waals surface area contributed by atoms with Crippen molar-refractivity contribution in [3.05, 3.63) is 59.9 Å². The third-order valence-corrected chi connectivity index (χ3v) is 4.37. The number of rotatable bonds is 7. The Morgan fingerprint density at radius 2 is 1.96 bits per heavy atom. The Morgan fingerprint density at radius 3 is 2.63 bits per heavy atom. The van der Waals surface area contributed by atoms with E-state index in [2.05, 4.69) is 4.18 Å². The van der Waals surface area contributed by atoms with Crippen molar-refractivity contribution in [3.8, 4) is 5.75 Å². The lowest BCUT2D eigenvalue weighted by molar-refractivity contribution is 0.107. The summed E-state index contributed by atoms with van der Waals surface area (Å²) in [5.41, 5.74) is 1.18. The average molecular weight is 395 g/mol. The van der Waals surface area contributed by atoms with E-state index in [4.69, 9.17) is 9.47 Å². The Kier molecular flexibility index (Phi) is 5.62. The average Bonchev–Trinajstić information content (AvgIpc) is 3.00. The van der Waals surface area contributed by atoms with Crippen LogP contribution in [-0.2, 0) is 25.6 Å². The summed E-state index contributed by atoms with van der Waals surface area (Å²) in [7, 11) is -3.64. The predicted octanol–water partition coefficient (Wildman–Crippen LogP) is 2.71. The molecule has 0 spiro atoms. The van der Waals surface area contributed by atoms with Gasteiger partial charge in [-0.25, -0.2) is 9.18 Å². The van der Waals surface area contributed by atoms with E-state index < -0.39 is 28.1 Å². The molecule has 2 aromatic carbocycles. The predicted molar refractivity (Wildman–Crippen MR) is 95.6 cm³/mol. The maximum atomic E-state index is 14.3. The second-order valence-electron chi connectivity index (χ2n) is 5.99. The third-order valence-electron chi connectivity index (χ3n) is 3.81. The molecule has 0 radical (unpaired) electrons. The third kappa shape index (κ3) is 5.18. The van der Waals surface area contributed by atoms with Gasteiger partial charge < -0.3 is 9.47 Å². The standard InChI is InChI=1S/C18H18FNO6S/c1-27(22,23)25-12-15-10-20(18(21)26-15)14-7-8-17(16(19)9-14)24-11-13-5-3-2-4-6-13/h2-9,15H,10-12H2,1H3. The van der Waals surface area contributed by atoms with Crippen molar-refractivity contribution < 1.29 is 31.3 Å². The zero-order chi connectivity index (χ0) is 19.4. The molecule has 1 fully saturated rings. The number of anilines is 1. The van der Waals surface area contributed by atoms with Crippen molar-refractivity contribution in [1.29, 1.82) is 0 Å². The van der Waals surface area contributed by atoms with E-state index in [0.717, 1.165) is 11.8 Å². The number of amides is 1. The number of carbonyl (C=O) groups is 1. The summed E-state index contributed by atoms with van der Waals surface area (Å²) in [4.78, 5) is 13.2. The van der Waals surface area contributed by atoms with E-state index in [0.29, 0.717) is 0 Å². The minimum atomic E-state index is -3.64. The van der Waals surface area contributed by atoms with Crippen LogP contribution in [0.4, 0.5) is 14.9 Å². The van der Waals surface area contributed by atoms with Gasteiger partial charge in [-0.05, 0) is 17.7 Å². The molecule has 1 aliphatic rings. The van der Waals surface area contributed by atoms with Crippen LogP contribution in [0.2, 0.25) is 0 Å². The summed E-state index contributed by atoms with van der Waals surface area (Å²) in [6, 6.07) is 13.5. The lowest BCUT2D eigenvalue weighted by Crippen LogP contribution is -2.26. The van der Waals surface area contributed by atoms with Gasteiger partial charge in [-0.3, -0.25) is 9.08 Å². The molecule has 0 N–H and O–H groups in total. The van der Waals surface area contributed by atoms with Gasteiger partial charge in [0, 0.05) is 6.07 Å². The van der Waals surface area contributed by atoms with Crippen LogP contribution in [-0.4, -0.2) is 40.0 Å². The van der Waals surface area contributed by atoms with E-state index in [-0.39, 0.29) is 31.2 Å². The molecule has 1 amide bonds. The smallest absolute Gasteiger partial charge is 0.414 e. The molecule has 9 heteroatoms. The monoisotopic (exact) mass is 395 g/mol. The Balaban J connectivity index is 1.63. The number of hydrogen-bond acceptors (Lipinski definition) is 6. The Hall–Kier alpha value is -2.65. The molecule has 1 saturated heterocycles. The van der Waals surface area contributed by atoms with Crippen LogP contribution in [0.15, 0.2) is 48.5 Å². The molecule has 0 aliphatic carbocycles. The van der Waals surface area contributed by atoms with Crippen molar-refractivity contribution in [2.45, 2.75) is 12.7 Å². The maximum Gasteiger partial charge on any atom is 0.414 e. The molecule has 0 aromatic heterocycles. The molecule has 144 valence electrons. The SMILES string of the molecule is CS(=O)(=O)OCC1CN(c2ccc(OCc3ccccc3)c(F)c2)C(=O)O1. The number of halogens is 1. The van der Waals surface area contributed by atoms with Crippen molar-refractivity contribution in [3.63, 3.8) is 0 Å². The Labute approximate surface area is 156 Å². The molecule has 27 heavy (non-hydrogen) atoms. The molecular formula is C18H18FNO6S. The first-order valence-electron chi connectivity index (χ1n) is 8.10. The highest BCUT2D eigenvalue weighted by Crippen LogP contribution is 2.27. The van der Waals surface area contributed by atoms with Crippen LogP contribution >= 0.6 is 0 Å². The summed E-state index contributed by atoms with van der Waals surface area (Å²) in [5, 5.41) is 0. The zero-order valence-electron chi connectivity index (χ0n) is 14.5. The number of hydrogen-bond donors (Lipinski definition) is 0. The van der Waals surface area contributed by atoms with Crippen molar-refractivity contribution in [2.75, 3.05) is 24.3 Å². The summed E-state index contributed by atoms with van der Waals surface area (Å²) in [6.45, 7) is -0.0202. The lowest BCUT2D eigenvalue weighted by Gasteiger charge is -2.14. The summed E-state index contributed by atoms with van der Waals surface area (Å²) >= 11 is 0. The minimum Gasteiger partial charge on any atom is -0.486 e. The first-order chi connectivity index (χ1) is 12.8. The van der Waals surface area contributed by atoms with Gasteiger partial charge in [0.05, 0.1) is 18.5 Å². The van der Waals surface area contributed by atoms with E-state index in [1.165, 1.54) is 23.1 Å². The Bertz CT molecular complexity index is 919. The fourth-order valence-electron chi connectivity index (χ4n) is 2.53. The first-order valence-corrected chi connectivity index (χ1v) is 9.92. The van der Waals surface area contributed by atoms with E-state index >= 15 is 0 Å². The van der Waals surface area contributed by atoms with Gasteiger partial charge in [-0.1, -0.05) is 30.3 Å². The summed E-state index contributed by atoms with van der Waals surface area (Å²) in [6.07, 6.45) is -0.552. The molecule has 0 saturated carbocycles. The van der Waals surface area contributed by atoms with Crippen molar-refractivity contribution >= 4 is 21.9 Å². The number of ether oxygens (including phenoxy) is 2. The highest BCUT2D eigenvalue weighted by Gasteiger charge is 2.33. The molecular weight excluding hydrogens is 377 g/mol. The molecule has 7 nitrogen and oxygen atoms in total. The largest absolute Gasteiger partial charge is 0.486 e. The van der Waals surface area contributed by atoms with Crippen LogP contribution in [0.3, 0.4) is 0 Å². The zero-order valence-corrected chi connectivity index (χ0v) is 15.3. The molecule has 1 heterocycles. The molecule has 0 bridgehead atoms. The molecule has 1 atom stereocenters. The van der Waals surface area contributed by atoms with Gasteiger partial charge in [0.15, 0.2) is 11.6 Å². The van der Waals surface area contributed by atoms with Crippen LogP contribution in [0.1, 0.15) is 5.56 Å². The highest BCUT2D eigenvalue weighted by atomic mass is 32.2. The number of cyclic esters (lactones) is 1. The topological polar surface area (TPSA) is 82.1 Å². The van der Waals surface area contributed by atoms with E-state index in [1.807, 2.05) is 30.3 Å². The van der Waals surface area contributed by atoms with Gasteiger partial charge in [-0.15, -0.1) is 0 Å².